The fraction of sp³-hybridized carbons (Fsp3) is 0.778. The molecular formula is C18H32N2S. The predicted molar refractivity (Wildman–Crippen MR) is 94.0 cm³/mol. The van der Waals surface area contributed by atoms with Crippen LogP contribution in [0, 0.1) is 5.92 Å². The van der Waals surface area contributed by atoms with E-state index < -0.39 is 0 Å². The number of hydrogen-bond donors (Lipinski definition) is 1. The summed E-state index contributed by atoms with van der Waals surface area (Å²) < 4.78 is 0. The Hall–Kier alpha value is -0.380. The van der Waals surface area contributed by atoms with Crippen molar-refractivity contribution in [2.24, 2.45) is 5.92 Å². The maximum absolute atomic E-state index is 3.88. The molecule has 1 aliphatic rings. The van der Waals surface area contributed by atoms with E-state index in [9.17, 15) is 0 Å². The summed E-state index contributed by atoms with van der Waals surface area (Å²) in [4.78, 5) is 4.34. The van der Waals surface area contributed by atoms with Crippen molar-refractivity contribution in [2.75, 3.05) is 13.1 Å². The van der Waals surface area contributed by atoms with Crippen LogP contribution < -0.4 is 5.32 Å². The van der Waals surface area contributed by atoms with Crippen LogP contribution in [0.4, 0.5) is 0 Å². The van der Waals surface area contributed by atoms with Gasteiger partial charge in [-0.25, -0.2) is 0 Å². The first-order valence-electron chi connectivity index (χ1n) is 8.61. The lowest BCUT2D eigenvalue weighted by Crippen LogP contribution is -2.65. The van der Waals surface area contributed by atoms with E-state index in [1.807, 2.05) is 11.3 Å². The Labute approximate surface area is 134 Å². The molecule has 0 bridgehead atoms. The van der Waals surface area contributed by atoms with Crippen molar-refractivity contribution >= 4 is 11.3 Å². The average Bonchev–Trinajstić information content (AvgIpc) is 3.01. The number of piperazine rings is 1. The highest BCUT2D eigenvalue weighted by Gasteiger charge is 2.40. The number of hydrogen-bond acceptors (Lipinski definition) is 3. The second kappa shape index (κ2) is 7.26. The lowest BCUT2D eigenvalue weighted by atomic mass is 9.85. The van der Waals surface area contributed by atoms with Gasteiger partial charge in [0.05, 0.1) is 0 Å². The Bertz CT molecular complexity index is 409. The van der Waals surface area contributed by atoms with E-state index in [-0.39, 0.29) is 0 Å². The van der Waals surface area contributed by atoms with E-state index in [4.69, 9.17) is 0 Å². The summed E-state index contributed by atoms with van der Waals surface area (Å²) in [7, 11) is 0. The standard InChI is InChI=1S/C18H32N2S/c1-6-15(17-10-9-11-21-17)20-13-18(7-2,8-3)19-12-16(20)14(4)5/h9-11,14-16,19H,6-8,12-13H2,1-5H3. The zero-order chi connectivity index (χ0) is 15.5. The van der Waals surface area contributed by atoms with Gasteiger partial charge in [-0.3, -0.25) is 4.90 Å². The third kappa shape index (κ3) is 3.52. The highest BCUT2D eigenvalue weighted by Crippen LogP contribution is 2.36. The minimum absolute atomic E-state index is 0.302. The van der Waals surface area contributed by atoms with E-state index >= 15 is 0 Å². The topological polar surface area (TPSA) is 15.3 Å². The molecule has 0 amide bonds. The average molecular weight is 309 g/mol. The molecule has 1 aliphatic heterocycles. The molecule has 0 spiro atoms. The van der Waals surface area contributed by atoms with Crippen LogP contribution in [0.25, 0.3) is 0 Å². The molecular weight excluding hydrogens is 276 g/mol. The van der Waals surface area contributed by atoms with Gasteiger partial charge in [0.25, 0.3) is 0 Å². The van der Waals surface area contributed by atoms with Gasteiger partial charge in [0.1, 0.15) is 0 Å². The van der Waals surface area contributed by atoms with Gasteiger partial charge < -0.3 is 5.32 Å². The van der Waals surface area contributed by atoms with E-state index in [2.05, 4.69) is 62.3 Å². The molecule has 1 fully saturated rings. The summed E-state index contributed by atoms with van der Waals surface area (Å²) in [6.45, 7) is 14.0. The van der Waals surface area contributed by atoms with E-state index in [0.717, 1.165) is 6.54 Å². The zero-order valence-corrected chi connectivity index (χ0v) is 15.2. The zero-order valence-electron chi connectivity index (χ0n) is 14.4. The molecule has 1 saturated heterocycles. The van der Waals surface area contributed by atoms with Gasteiger partial charge in [-0.2, -0.15) is 0 Å². The number of nitrogens with one attached hydrogen (secondary N) is 1. The SMILES string of the molecule is CCC(c1cccs1)N1CC(CC)(CC)NCC1C(C)C. The quantitative estimate of drug-likeness (QED) is 0.820. The molecule has 2 heterocycles. The van der Waals surface area contributed by atoms with Crippen LogP contribution in [0.5, 0.6) is 0 Å². The largest absolute Gasteiger partial charge is 0.308 e. The Morgan fingerprint density at radius 1 is 1.33 bits per heavy atom. The van der Waals surface area contributed by atoms with Gasteiger partial charge in [-0.05, 0) is 36.6 Å². The molecule has 2 rings (SSSR count). The highest BCUT2D eigenvalue weighted by atomic mass is 32.1. The highest BCUT2D eigenvalue weighted by molar-refractivity contribution is 7.10. The third-order valence-corrected chi connectivity index (χ3v) is 6.35. The third-order valence-electron chi connectivity index (χ3n) is 5.38. The lowest BCUT2D eigenvalue weighted by molar-refractivity contribution is 0.0154. The molecule has 3 heteroatoms. The van der Waals surface area contributed by atoms with Crippen molar-refractivity contribution in [3.05, 3.63) is 22.4 Å². The van der Waals surface area contributed by atoms with Crippen LogP contribution in [0.2, 0.25) is 0 Å². The van der Waals surface area contributed by atoms with Crippen LogP contribution in [0.3, 0.4) is 0 Å². The van der Waals surface area contributed by atoms with E-state index in [1.165, 1.54) is 30.7 Å². The van der Waals surface area contributed by atoms with Crippen molar-refractivity contribution in [2.45, 2.75) is 71.5 Å². The van der Waals surface area contributed by atoms with E-state index in [0.29, 0.717) is 23.5 Å². The van der Waals surface area contributed by atoms with Crippen molar-refractivity contribution in [3.63, 3.8) is 0 Å². The Morgan fingerprint density at radius 3 is 2.52 bits per heavy atom. The summed E-state index contributed by atoms with van der Waals surface area (Å²) in [5, 5.41) is 6.10. The van der Waals surface area contributed by atoms with Crippen molar-refractivity contribution in [1.82, 2.24) is 10.2 Å². The normalized spacial score (nSPS) is 24.4. The first kappa shape index (κ1) is 17.0. The van der Waals surface area contributed by atoms with Crippen LogP contribution in [0.15, 0.2) is 17.5 Å². The molecule has 2 unspecified atom stereocenters. The molecule has 2 atom stereocenters. The Kier molecular flexibility index (Phi) is 5.87. The van der Waals surface area contributed by atoms with Crippen LogP contribution in [0.1, 0.15) is 64.8 Å². The van der Waals surface area contributed by atoms with Gasteiger partial charge >= 0.3 is 0 Å². The summed E-state index contributed by atoms with van der Waals surface area (Å²) in [5.74, 6) is 0.693. The molecule has 0 aromatic carbocycles. The molecule has 2 nitrogen and oxygen atoms in total. The molecule has 1 aromatic heterocycles. The minimum atomic E-state index is 0.302. The number of rotatable bonds is 6. The van der Waals surface area contributed by atoms with Crippen LogP contribution in [-0.4, -0.2) is 29.6 Å². The summed E-state index contributed by atoms with van der Waals surface area (Å²) in [6, 6.07) is 5.74. The lowest BCUT2D eigenvalue weighted by Gasteiger charge is -2.51. The molecule has 0 radical (unpaired) electrons. The first-order chi connectivity index (χ1) is 10.1. The Balaban J connectivity index is 2.28. The van der Waals surface area contributed by atoms with Gasteiger partial charge in [0.15, 0.2) is 0 Å². The summed E-state index contributed by atoms with van der Waals surface area (Å²) in [6.07, 6.45) is 3.63. The summed E-state index contributed by atoms with van der Waals surface area (Å²) >= 11 is 1.92. The van der Waals surface area contributed by atoms with Crippen molar-refractivity contribution in [3.8, 4) is 0 Å². The molecule has 1 aromatic rings. The van der Waals surface area contributed by atoms with Crippen molar-refractivity contribution in [1.29, 1.82) is 0 Å². The smallest absolute Gasteiger partial charge is 0.0443 e. The van der Waals surface area contributed by atoms with Crippen LogP contribution >= 0.6 is 11.3 Å². The maximum Gasteiger partial charge on any atom is 0.0443 e. The molecule has 0 saturated carbocycles. The van der Waals surface area contributed by atoms with Gasteiger partial charge in [0.2, 0.25) is 0 Å². The number of thiophene rings is 1. The molecule has 1 N–H and O–H groups in total. The van der Waals surface area contributed by atoms with E-state index in [1.54, 1.807) is 0 Å². The predicted octanol–water partition coefficient (Wildman–Crippen LogP) is 4.69. The first-order valence-corrected chi connectivity index (χ1v) is 9.49. The minimum Gasteiger partial charge on any atom is -0.308 e. The van der Waals surface area contributed by atoms with Gasteiger partial charge in [0, 0.05) is 35.6 Å². The maximum atomic E-state index is 3.88. The van der Waals surface area contributed by atoms with Gasteiger partial charge in [-0.1, -0.05) is 40.7 Å². The summed E-state index contributed by atoms with van der Waals surface area (Å²) in [5.41, 5.74) is 0.302. The molecule has 0 aliphatic carbocycles. The monoisotopic (exact) mass is 308 g/mol. The number of nitrogens with zero attached hydrogens (tertiary/aromatic N) is 1. The molecule has 120 valence electrons. The van der Waals surface area contributed by atoms with Crippen molar-refractivity contribution < 1.29 is 0 Å². The second-order valence-electron chi connectivity index (χ2n) is 6.79. The molecule has 21 heavy (non-hydrogen) atoms. The fourth-order valence-electron chi connectivity index (χ4n) is 3.72. The second-order valence-corrected chi connectivity index (χ2v) is 7.77. The van der Waals surface area contributed by atoms with Crippen LogP contribution in [-0.2, 0) is 0 Å². The fourth-order valence-corrected chi connectivity index (χ4v) is 4.66. The Morgan fingerprint density at radius 2 is 2.05 bits per heavy atom. The van der Waals surface area contributed by atoms with Gasteiger partial charge in [-0.15, -0.1) is 11.3 Å².